The molecule has 0 aliphatic carbocycles. The van der Waals surface area contributed by atoms with E-state index in [9.17, 15) is 0 Å². The molecule has 28 heavy (non-hydrogen) atoms. The number of nitrogens with two attached hydrogens (primary N) is 1. The van der Waals surface area contributed by atoms with Gasteiger partial charge in [0.2, 0.25) is 0 Å². The van der Waals surface area contributed by atoms with E-state index in [4.69, 9.17) is 27.9 Å². The Morgan fingerprint density at radius 2 is 2.04 bits per heavy atom. The second kappa shape index (κ2) is 7.94. The van der Waals surface area contributed by atoms with Crippen LogP contribution in [0.3, 0.4) is 0 Å². The van der Waals surface area contributed by atoms with Crippen LogP contribution in [0.2, 0.25) is 0 Å². The monoisotopic (exact) mass is 413 g/mol. The number of imidazole rings is 1. The first-order chi connectivity index (χ1) is 13.5. The predicted octanol–water partition coefficient (Wildman–Crippen LogP) is 3.98. The smallest absolute Gasteiger partial charge is 0.200 e. The largest absolute Gasteiger partial charge is 0.383 e. The summed E-state index contributed by atoms with van der Waals surface area (Å²) in [6.45, 7) is 6.96. The van der Waals surface area contributed by atoms with Crippen LogP contribution in [-0.2, 0) is 6.54 Å². The number of aromatic amines is 1. The van der Waals surface area contributed by atoms with E-state index in [0.29, 0.717) is 34.2 Å². The van der Waals surface area contributed by atoms with E-state index < -0.39 is 0 Å². The molecule has 0 atom stereocenters. The molecule has 3 heterocycles. The molecule has 3 aromatic heterocycles. The molecule has 4 rings (SSSR count). The number of thiazole rings is 1. The lowest BCUT2D eigenvalue weighted by molar-refractivity contribution is 0.522. The first-order valence-corrected chi connectivity index (χ1v) is 10.6. The summed E-state index contributed by atoms with van der Waals surface area (Å²) in [5, 5.41) is 4.35. The Kier molecular flexibility index (Phi) is 5.38. The number of rotatable bonds is 7. The molecule has 0 fully saturated rings. The van der Waals surface area contributed by atoms with Crippen LogP contribution in [0.5, 0.6) is 0 Å². The van der Waals surface area contributed by atoms with Crippen molar-refractivity contribution in [2.24, 2.45) is 5.92 Å². The highest BCUT2D eigenvalue weighted by Gasteiger charge is 2.19. The lowest BCUT2D eigenvalue weighted by Crippen LogP contribution is -2.22. The quantitative estimate of drug-likeness (QED) is 0.313. The lowest BCUT2D eigenvalue weighted by atomic mass is 10.1. The number of nitrogen functional groups attached to an aromatic ring is 1. The number of nitrogens with zero attached hydrogens (tertiary/aromatic N) is 4. The highest BCUT2D eigenvalue weighted by molar-refractivity contribution is 7.71. The molecule has 0 amide bonds. The average Bonchev–Trinajstić information content (AvgIpc) is 3.23. The highest BCUT2D eigenvalue weighted by Crippen LogP contribution is 2.32. The van der Waals surface area contributed by atoms with Crippen molar-refractivity contribution in [3.63, 3.8) is 0 Å². The molecular formula is C19H23N7S2. The maximum Gasteiger partial charge on any atom is 0.200 e. The molecule has 4 N–H and O–H groups in total. The van der Waals surface area contributed by atoms with E-state index in [2.05, 4.69) is 39.8 Å². The van der Waals surface area contributed by atoms with E-state index in [0.717, 1.165) is 40.6 Å². The van der Waals surface area contributed by atoms with Gasteiger partial charge in [-0.05, 0) is 43.2 Å². The van der Waals surface area contributed by atoms with Gasteiger partial charge in [0, 0.05) is 13.1 Å². The van der Waals surface area contributed by atoms with Crippen LogP contribution in [0.1, 0.15) is 20.3 Å². The van der Waals surface area contributed by atoms with Gasteiger partial charge in [0.15, 0.2) is 21.3 Å². The molecule has 4 aromatic rings. The summed E-state index contributed by atoms with van der Waals surface area (Å²) in [7, 11) is 0. The van der Waals surface area contributed by atoms with Gasteiger partial charge in [0.1, 0.15) is 11.3 Å². The van der Waals surface area contributed by atoms with Crippen molar-refractivity contribution in [1.82, 2.24) is 29.8 Å². The van der Waals surface area contributed by atoms with Crippen LogP contribution in [0, 0.1) is 10.7 Å². The number of fused-ring (bicyclic) bond motifs is 2. The zero-order valence-corrected chi connectivity index (χ0v) is 17.5. The summed E-state index contributed by atoms with van der Waals surface area (Å²) in [5.41, 5.74) is 8.42. The van der Waals surface area contributed by atoms with Crippen molar-refractivity contribution in [1.29, 1.82) is 0 Å². The SMILES string of the molecule is CC(C)CCNCCn1c(-c2nc3ccccc3s2)nc2c(N)[nH]c(=S)nc21. The minimum Gasteiger partial charge on any atom is -0.383 e. The summed E-state index contributed by atoms with van der Waals surface area (Å²) < 4.78 is 3.55. The second-order valence-electron chi connectivity index (χ2n) is 7.13. The first-order valence-electron chi connectivity index (χ1n) is 9.35. The number of aromatic nitrogens is 5. The van der Waals surface area contributed by atoms with Crippen molar-refractivity contribution < 1.29 is 0 Å². The molecular weight excluding hydrogens is 390 g/mol. The minimum atomic E-state index is 0.356. The Morgan fingerprint density at radius 1 is 1.21 bits per heavy atom. The van der Waals surface area contributed by atoms with E-state index in [1.54, 1.807) is 11.3 Å². The molecule has 146 valence electrons. The Bertz CT molecular complexity index is 1140. The van der Waals surface area contributed by atoms with Gasteiger partial charge in [-0.2, -0.15) is 4.98 Å². The molecule has 1 aromatic carbocycles. The first kappa shape index (κ1) is 19.0. The third-order valence-corrected chi connectivity index (χ3v) is 5.77. The zero-order chi connectivity index (χ0) is 19.7. The molecule has 0 aliphatic rings. The summed E-state index contributed by atoms with van der Waals surface area (Å²) in [5.74, 6) is 1.89. The van der Waals surface area contributed by atoms with Crippen molar-refractivity contribution in [2.75, 3.05) is 18.8 Å². The predicted molar refractivity (Wildman–Crippen MR) is 118 cm³/mol. The van der Waals surface area contributed by atoms with Gasteiger partial charge in [-0.1, -0.05) is 26.0 Å². The topological polar surface area (TPSA) is 97.4 Å². The summed E-state index contributed by atoms with van der Waals surface area (Å²) in [6.07, 6.45) is 1.14. The van der Waals surface area contributed by atoms with Gasteiger partial charge in [-0.25, -0.2) is 9.97 Å². The van der Waals surface area contributed by atoms with Gasteiger partial charge < -0.3 is 20.6 Å². The second-order valence-corrected chi connectivity index (χ2v) is 8.55. The van der Waals surface area contributed by atoms with Crippen molar-refractivity contribution in [3.05, 3.63) is 29.0 Å². The van der Waals surface area contributed by atoms with E-state index in [-0.39, 0.29) is 0 Å². The molecule has 0 radical (unpaired) electrons. The normalized spacial score (nSPS) is 11.8. The Morgan fingerprint density at radius 3 is 2.82 bits per heavy atom. The van der Waals surface area contributed by atoms with Gasteiger partial charge in [-0.3, -0.25) is 0 Å². The maximum absolute atomic E-state index is 6.13. The number of para-hydroxylation sites is 1. The van der Waals surface area contributed by atoms with Crippen molar-refractivity contribution in [2.45, 2.75) is 26.8 Å². The standard InChI is InChI=1S/C19H23N7S2/c1-11(2)7-8-21-9-10-26-16-14(15(20)24-19(27)25-16)23-17(26)18-22-12-5-3-4-6-13(12)28-18/h3-6,11,21H,7-10H2,1-2H3,(H3,20,24,25,27). The van der Waals surface area contributed by atoms with Gasteiger partial charge >= 0.3 is 0 Å². The Hall–Kier alpha value is -2.36. The van der Waals surface area contributed by atoms with Crippen LogP contribution in [-0.4, -0.2) is 37.6 Å². The molecule has 0 saturated heterocycles. The average molecular weight is 414 g/mol. The van der Waals surface area contributed by atoms with E-state index in [1.807, 2.05) is 18.2 Å². The Balaban J connectivity index is 1.74. The van der Waals surface area contributed by atoms with Crippen molar-refractivity contribution in [3.8, 4) is 10.8 Å². The minimum absolute atomic E-state index is 0.356. The van der Waals surface area contributed by atoms with Crippen molar-refractivity contribution >= 4 is 50.8 Å². The molecule has 0 saturated carbocycles. The fourth-order valence-corrected chi connectivity index (χ4v) is 4.25. The molecule has 0 spiro atoms. The number of hydrogen-bond acceptors (Lipinski definition) is 7. The third-order valence-electron chi connectivity index (χ3n) is 4.54. The van der Waals surface area contributed by atoms with Gasteiger partial charge in [-0.15, -0.1) is 11.3 Å². The van der Waals surface area contributed by atoms with Crippen LogP contribution in [0.15, 0.2) is 24.3 Å². The zero-order valence-electron chi connectivity index (χ0n) is 15.9. The third kappa shape index (κ3) is 3.78. The van der Waals surface area contributed by atoms with E-state index >= 15 is 0 Å². The highest BCUT2D eigenvalue weighted by atomic mass is 32.1. The fraction of sp³-hybridized carbons (Fsp3) is 0.368. The van der Waals surface area contributed by atoms with Gasteiger partial charge in [0.25, 0.3) is 0 Å². The van der Waals surface area contributed by atoms with Crippen LogP contribution >= 0.6 is 23.6 Å². The van der Waals surface area contributed by atoms with E-state index in [1.165, 1.54) is 0 Å². The van der Waals surface area contributed by atoms with Crippen LogP contribution < -0.4 is 11.1 Å². The number of anilines is 1. The molecule has 0 unspecified atom stereocenters. The number of nitrogens with one attached hydrogen (secondary N) is 2. The fourth-order valence-electron chi connectivity index (χ4n) is 3.09. The van der Waals surface area contributed by atoms with Crippen LogP contribution in [0.25, 0.3) is 32.2 Å². The Labute approximate surface area is 172 Å². The summed E-state index contributed by atoms with van der Waals surface area (Å²) in [4.78, 5) is 16.9. The molecule has 0 aliphatic heterocycles. The molecule has 7 nitrogen and oxygen atoms in total. The summed E-state index contributed by atoms with van der Waals surface area (Å²) in [6, 6.07) is 8.09. The molecule has 0 bridgehead atoms. The number of benzene rings is 1. The molecule has 9 heteroatoms. The number of hydrogen-bond donors (Lipinski definition) is 3. The maximum atomic E-state index is 6.13. The number of H-pyrrole nitrogens is 1. The summed E-state index contributed by atoms with van der Waals surface area (Å²) >= 11 is 6.85. The van der Waals surface area contributed by atoms with Crippen LogP contribution in [0.4, 0.5) is 5.82 Å². The lowest BCUT2D eigenvalue weighted by Gasteiger charge is -2.09. The van der Waals surface area contributed by atoms with Gasteiger partial charge in [0.05, 0.1) is 10.2 Å².